The third-order valence-corrected chi connectivity index (χ3v) is 6.91. The number of anilines is 1. The first kappa shape index (κ1) is 26.3. The Balaban J connectivity index is 1.30. The van der Waals surface area contributed by atoms with Crippen LogP contribution < -0.4 is 19.7 Å². The first-order chi connectivity index (χ1) is 17.1. The van der Waals surface area contributed by atoms with Crippen LogP contribution in [-0.4, -0.2) is 64.9 Å². The van der Waals surface area contributed by atoms with Crippen molar-refractivity contribution >= 4 is 41.0 Å². The first-order valence-corrected chi connectivity index (χ1v) is 13.3. The first-order valence-electron chi connectivity index (χ1n) is 11.9. The van der Waals surface area contributed by atoms with Gasteiger partial charge in [0.1, 0.15) is 11.0 Å². The number of hydrogen-bond donors (Lipinski definition) is 1. The maximum Gasteiger partial charge on any atom is 0.231 e. The van der Waals surface area contributed by atoms with Crippen molar-refractivity contribution in [2.75, 3.05) is 37.1 Å². The highest BCUT2D eigenvalue weighted by molar-refractivity contribution is 7.99. The minimum atomic E-state index is -0.137. The van der Waals surface area contributed by atoms with E-state index in [0.717, 1.165) is 5.56 Å². The van der Waals surface area contributed by atoms with Gasteiger partial charge in [0.25, 0.3) is 0 Å². The summed E-state index contributed by atoms with van der Waals surface area (Å²) in [5.74, 6) is 2.30. The van der Waals surface area contributed by atoms with Gasteiger partial charge in [-0.2, -0.15) is 0 Å². The molecule has 36 heavy (non-hydrogen) atoms. The van der Waals surface area contributed by atoms with Crippen molar-refractivity contribution in [2.24, 2.45) is 5.41 Å². The van der Waals surface area contributed by atoms with Gasteiger partial charge in [-0.25, -0.2) is 9.97 Å². The fraction of sp³-hybridized carbons (Fsp3) is 0.520. The molecule has 1 saturated heterocycles. The second-order valence-electron chi connectivity index (χ2n) is 10.2. The van der Waals surface area contributed by atoms with Crippen LogP contribution in [0.2, 0.25) is 5.15 Å². The number of rotatable bonds is 7. The van der Waals surface area contributed by atoms with Gasteiger partial charge < -0.3 is 24.6 Å². The molecular weight excluding hydrogens is 502 g/mol. The predicted octanol–water partition coefficient (Wildman–Crippen LogP) is 3.74. The lowest BCUT2D eigenvalue weighted by Gasteiger charge is -2.41. The minimum Gasteiger partial charge on any atom is -0.454 e. The van der Waals surface area contributed by atoms with Gasteiger partial charge in [-0.05, 0) is 30.0 Å². The summed E-state index contributed by atoms with van der Waals surface area (Å²) in [6.07, 6.45) is 0.522. The Labute approximate surface area is 220 Å². The molecule has 2 aliphatic rings. The van der Waals surface area contributed by atoms with Crippen molar-refractivity contribution in [2.45, 2.75) is 51.9 Å². The Hall–Kier alpha value is -2.72. The molecule has 11 heteroatoms. The molecule has 1 aromatic carbocycles. The van der Waals surface area contributed by atoms with E-state index in [9.17, 15) is 9.59 Å². The molecule has 2 aromatic rings. The summed E-state index contributed by atoms with van der Waals surface area (Å²) in [5, 5.41) is 3.66. The minimum absolute atomic E-state index is 0.0446. The summed E-state index contributed by atoms with van der Waals surface area (Å²) in [7, 11) is 0. The molecule has 0 bridgehead atoms. The standard InChI is InChI=1S/C25H32ClN5O4S/c1-16-13-30(7-8-31(16)23(33)11-25(2,3)4)21-10-20(26)28-24(29-21)36-14-22(32)27-12-17-5-6-18-19(9-17)35-15-34-18/h5-6,9-10,16H,7-8,11-15H2,1-4H3,(H,27,32). The Morgan fingerprint density at radius 3 is 2.69 bits per heavy atom. The SMILES string of the molecule is CC1CN(c2cc(Cl)nc(SCC(=O)NCc3ccc4c(c3)OCO4)n2)CCN1C(=O)CC(C)(C)C. The molecule has 9 nitrogen and oxygen atoms in total. The number of piperazine rings is 1. The van der Waals surface area contributed by atoms with E-state index in [1.165, 1.54) is 11.8 Å². The van der Waals surface area contributed by atoms with Crippen molar-refractivity contribution in [3.8, 4) is 11.5 Å². The molecule has 0 radical (unpaired) electrons. The number of amides is 2. The summed E-state index contributed by atoms with van der Waals surface area (Å²) in [5.41, 5.74) is 0.880. The number of fused-ring (bicyclic) bond motifs is 1. The molecule has 194 valence electrons. The normalized spacial score (nSPS) is 17.3. The van der Waals surface area contributed by atoms with Crippen LogP contribution in [0.5, 0.6) is 11.5 Å². The summed E-state index contributed by atoms with van der Waals surface area (Å²) in [6.45, 7) is 10.8. The molecule has 1 N–H and O–H groups in total. The highest BCUT2D eigenvalue weighted by Crippen LogP contribution is 2.32. The average molecular weight is 534 g/mol. The third kappa shape index (κ3) is 6.94. The smallest absolute Gasteiger partial charge is 0.231 e. The molecule has 3 heterocycles. The van der Waals surface area contributed by atoms with Gasteiger partial charge in [-0.3, -0.25) is 9.59 Å². The number of carbonyl (C=O) groups is 2. The molecule has 2 amide bonds. The van der Waals surface area contributed by atoms with Gasteiger partial charge in [0.15, 0.2) is 16.7 Å². The number of ether oxygens (including phenoxy) is 2. The van der Waals surface area contributed by atoms with Gasteiger partial charge in [-0.15, -0.1) is 0 Å². The van der Waals surface area contributed by atoms with Gasteiger partial charge in [0.05, 0.1) is 5.75 Å². The van der Waals surface area contributed by atoms with Crippen molar-refractivity contribution in [3.63, 3.8) is 0 Å². The summed E-state index contributed by atoms with van der Waals surface area (Å²) < 4.78 is 10.7. The van der Waals surface area contributed by atoms with Crippen LogP contribution in [-0.2, 0) is 16.1 Å². The van der Waals surface area contributed by atoms with Crippen molar-refractivity contribution < 1.29 is 19.1 Å². The monoisotopic (exact) mass is 533 g/mol. The topological polar surface area (TPSA) is 96.9 Å². The summed E-state index contributed by atoms with van der Waals surface area (Å²) in [6, 6.07) is 7.37. The van der Waals surface area contributed by atoms with E-state index in [-0.39, 0.29) is 35.8 Å². The highest BCUT2D eigenvalue weighted by atomic mass is 35.5. The van der Waals surface area contributed by atoms with Gasteiger partial charge >= 0.3 is 0 Å². The highest BCUT2D eigenvalue weighted by Gasteiger charge is 2.30. The average Bonchev–Trinajstić information content (AvgIpc) is 3.28. The Morgan fingerprint density at radius 2 is 1.94 bits per heavy atom. The van der Waals surface area contributed by atoms with E-state index in [1.807, 2.05) is 23.1 Å². The van der Waals surface area contributed by atoms with Crippen molar-refractivity contribution in [1.82, 2.24) is 20.2 Å². The summed E-state index contributed by atoms with van der Waals surface area (Å²) in [4.78, 5) is 38.1. The molecule has 0 aliphatic carbocycles. The quantitative estimate of drug-likeness (QED) is 0.326. The van der Waals surface area contributed by atoms with Crippen molar-refractivity contribution in [1.29, 1.82) is 0 Å². The number of carbonyl (C=O) groups excluding carboxylic acids is 2. The number of nitrogens with one attached hydrogen (secondary N) is 1. The largest absolute Gasteiger partial charge is 0.454 e. The molecule has 1 unspecified atom stereocenters. The Bertz CT molecular complexity index is 1130. The van der Waals surface area contributed by atoms with E-state index >= 15 is 0 Å². The van der Waals surface area contributed by atoms with Crippen LogP contribution in [0.1, 0.15) is 39.7 Å². The number of aromatic nitrogens is 2. The second-order valence-corrected chi connectivity index (χ2v) is 11.5. The lowest BCUT2D eigenvalue weighted by molar-refractivity contribution is -0.135. The molecular formula is C25H32ClN5O4S. The predicted molar refractivity (Wildman–Crippen MR) is 140 cm³/mol. The molecule has 1 aromatic heterocycles. The van der Waals surface area contributed by atoms with E-state index < -0.39 is 0 Å². The fourth-order valence-corrected chi connectivity index (χ4v) is 5.05. The lowest BCUT2D eigenvalue weighted by atomic mass is 9.91. The number of hydrogen-bond acceptors (Lipinski definition) is 8. The molecule has 1 atom stereocenters. The van der Waals surface area contributed by atoms with Gasteiger partial charge in [-0.1, -0.05) is 50.2 Å². The fourth-order valence-electron chi connectivity index (χ4n) is 4.14. The zero-order valence-electron chi connectivity index (χ0n) is 21.0. The molecule has 1 fully saturated rings. The maximum atomic E-state index is 12.7. The molecule has 0 saturated carbocycles. The number of nitrogens with zero attached hydrogens (tertiary/aromatic N) is 4. The lowest BCUT2D eigenvalue weighted by Crippen LogP contribution is -2.54. The van der Waals surface area contributed by atoms with Gasteiger partial charge in [0.2, 0.25) is 18.6 Å². The van der Waals surface area contributed by atoms with Crippen LogP contribution in [0.4, 0.5) is 5.82 Å². The number of halogens is 1. The van der Waals surface area contributed by atoms with Crippen LogP contribution in [0.3, 0.4) is 0 Å². The van der Waals surface area contributed by atoms with E-state index in [4.69, 9.17) is 21.1 Å². The molecule has 0 spiro atoms. The van der Waals surface area contributed by atoms with Crippen LogP contribution in [0.15, 0.2) is 29.4 Å². The number of benzene rings is 1. The van der Waals surface area contributed by atoms with E-state index in [1.54, 1.807) is 6.07 Å². The second kappa shape index (κ2) is 11.1. The van der Waals surface area contributed by atoms with Crippen LogP contribution in [0, 0.1) is 5.41 Å². The van der Waals surface area contributed by atoms with Crippen LogP contribution >= 0.6 is 23.4 Å². The van der Waals surface area contributed by atoms with E-state index in [0.29, 0.717) is 60.2 Å². The molecule has 2 aliphatic heterocycles. The molecule has 4 rings (SSSR count). The summed E-state index contributed by atoms with van der Waals surface area (Å²) >= 11 is 7.52. The third-order valence-electron chi connectivity index (χ3n) is 5.87. The van der Waals surface area contributed by atoms with Crippen molar-refractivity contribution in [3.05, 3.63) is 35.0 Å². The zero-order valence-corrected chi connectivity index (χ0v) is 22.6. The van der Waals surface area contributed by atoms with Crippen LogP contribution in [0.25, 0.3) is 0 Å². The maximum absolute atomic E-state index is 12.7. The Kier molecular flexibility index (Phi) is 8.14. The van der Waals surface area contributed by atoms with E-state index in [2.05, 4.69) is 47.9 Å². The number of thioether (sulfide) groups is 1. The zero-order chi connectivity index (χ0) is 25.9. The van der Waals surface area contributed by atoms with Gasteiger partial charge in [0, 0.05) is 44.7 Å². The Morgan fingerprint density at radius 1 is 1.17 bits per heavy atom.